The van der Waals surface area contributed by atoms with Gasteiger partial charge in [0.25, 0.3) is 5.91 Å². The summed E-state index contributed by atoms with van der Waals surface area (Å²) in [7, 11) is 0. The van der Waals surface area contributed by atoms with E-state index in [-0.39, 0.29) is 5.56 Å². The molecule has 1 amide bonds. The van der Waals surface area contributed by atoms with E-state index in [0.717, 1.165) is 0 Å². The molecule has 0 unspecified atom stereocenters. The Morgan fingerprint density at radius 3 is 2.65 bits per heavy atom. The Hall–Kier alpha value is -3.22. The van der Waals surface area contributed by atoms with Crippen molar-refractivity contribution >= 4 is 23.2 Å². The zero-order valence-corrected chi connectivity index (χ0v) is 12.2. The van der Waals surface area contributed by atoms with Gasteiger partial charge in [0.1, 0.15) is 17.4 Å². The van der Waals surface area contributed by atoms with E-state index in [1.807, 2.05) is 0 Å². The van der Waals surface area contributed by atoms with Crippen molar-refractivity contribution in [3.05, 3.63) is 65.8 Å². The van der Waals surface area contributed by atoms with Crippen molar-refractivity contribution in [1.82, 2.24) is 10.1 Å². The maximum absolute atomic E-state index is 13.5. The fraction of sp³-hybridized carbons (Fsp3) is 0.0625. The average molecular weight is 312 g/mol. The Labute approximate surface area is 131 Å². The predicted octanol–water partition coefficient (Wildman–Crippen LogP) is 3.51. The van der Waals surface area contributed by atoms with Gasteiger partial charge >= 0.3 is 0 Å². The van der Waals surface area contributed by atoms with Crippen molar-refractivity contribution in [2.24, 2.45) is 0 Å². The maximum atomic E-state index is 13.5. The monoisotopic (exact) mass is 312 g/mol. The lowest BCUT2D eigenvalue weighted by Gasteiger charge is -2.06. The molecule has 1 aromatic carbocycles. The highest BCUT2D eigenvalue weighted by molar-refractivity contribution is 6.03. The van der Waals surface area contributed by atoms with Crippen LogP contribution in [-0.2, 0) is 0 Å². The molecular weight excluding hydrogens is 299 g/mol. The molecule has 0 aliphatic rings. The Morgan fingerprint density at radius 1 is 1.17 bits per heavy atom. The number of carbonyl (C=O) groups is 1. The van der Waals surface area contributed by atoms with Crippen molar-refractivity contribution in [3.8, 4) is 0 Å². The van der Waals surface area contributed by atoms with E-state index < -0.39 is 11.7 Å². The molecule has 6 nitrogen and oxygen atoms in total. The van der Waals surface area contributed by atoms with Crippen LogP contribution in [0.2, 0.25) is 0 Å². The highest BCUT2D eigenvalue weighted by atomic mass is 19.1. The number of hydrogen-bond donors (Lipinski definition) is 2. The summed E-state index contributed by atoms with van der Waals surface area (Å²) in [5.74, 6) is 0.440. The lowest BCUT2D eigenvalue weighted by molar-refractivity contribution is 0.102. The van der Waals surface area contributed by atoms with E-state index in [9.17, 15) is 9.18 Å². The summed E-state index contributed by atoms with van der Waals surface area (Å²) >= 11 is 0. The van der Waals surface area contributed by atoms with Gasteiger partial charge in [-0.25, -0.2) is 9.37 Å². The molecule has 3 rings (SSSR count). The third kappa shape index (κ3) is 3.52. The topological polar surface area (TPSA) is 80.0 Å². The number of aromatic nitrogens is 2. The van der Waals surface area contributed by atoms with Gasteiger partial charge in [0, 0.05) is 6.07 Å². The van der Waals surface area contributed by atoms with Crippen LogP contribution in [0.15, 0.2) is 53.2 Å². The van der Waals surface area contributed by atoms with Crippen LogP contribution in [0.1, 0.15) is 16.1 Å². The van der Waals surface area contributed by atoms with Crippen LogP contribution in [-0.4, -0.2) is 16.0 Å². The van der Waals surface area contributed by atoms with Gasteiger partial charge in [-0.05, 0) is 31.2 Å². The lowest BCUT2D eigenvalue weighted by atomic mass is 10.2. The Kier molecular flexibility index (Phi) is 4.01. The number of nitrogens with zero attached hydrogens (tertiary/aromatic N) is 2. The van der Waals surface area contributed by atoms with Gasteiger partial charge in [0.15, 0.2) is 5.82 Å². The Balaban J connectivity index is 1.68. The number of halogens is 1. The van der Waals surface area contributed by atoms with E-state index in [1.165, 1.54) is 24.4 Å². The SMILES string of the molecule is Cc1cc(Nc2ccc(NC(=O)c3ccccc3F)nc2)no1. The number of aryl methyl sites for hydroxylation is 1. The minimum absolute atomic E-state index is 0.0328. The van der Waals surface area contributed by atoms with E-state index in [1.54, 1.807) is 31.2 Å². The number of benzene rings is 1. The first kappa shape index (κ1) is 14.7. The summed E-state index contributed by atoms with van der Waals surface area (Å²) in [6.07, 6.45) is 1.53. The number of anilines is 3. The smallest absolute Gasteiger partial charge is 0.259 e. The standard InChI is InChI=1S/C16H13FN4O2/c1-10-8-15(21-23-10)19-11-6-7-14(18-9-11)20-16(22)12-4-2-3-5-13(12)17/h2-9H,1H3,(H,19,21)(H,18,20,22). The predicted molar refractivity (Wildman–Crippen MR) is 83.1 cm³/mol. The number of nitrogens with one attached hydrogen (secondary N) is 2. The van der Waals surface area contributed by atoms with Gasteiger partial charge < -0.3 is 15.2 Å². The van der Waals surface area contributed by atoms with Crippen molar-refractivity contribution < 1.29 is 13.7 Å². The second-order valence-electron chi connectivity index (χ2n) is 4.81. The lowest BCUT2D eigenvalue weighted by Crippen LogP contribution is -2.14. The highest BCUT2D eigenvalue weighted by Crippen LogP contribution is 2.17. The zero-order valence-electron chi connectivity index (χ0n) is 12.2. The van der Waals surface area contributed by atoms with Crippen LogP contribution in [0.4, 0.5) is 21.7 Å². The molecule has 2 N–H and O–H groups in total. The minimum Gasteiger partial charge on any atom is -0.360 e. The summed E-state index contributed by atoms with van der Waals surface area (Å²) in [6, 6.07) is 10.8. The molecular formula is C16H13FN4O2. The average Bonchev–Trinajstić information content (AvgIpc) is 2.95. The molecule has 0 bridgehead atoms. The van der Waals surface area contributed by atoms with Gasteiger partial charge in [-0.15, -0.1) is 0 Å². The van der Waals surface area contributed by atoms with E-state index in [0.29, 0.717) is 23.1 Å². The van der Waals surface area contributed by atoms with Gasteiger partial charge in [0.2, 0.25) is 0 Å². The molecule has 7 heteroatoms. The molecule has 23 heavy (non-hydrogen) atoms. The molecule has 0 radical (unpaired) electrons. The summed E-state index contributed by atoms with van der Waals surface area (Å²) in [6.45, 7) is 1.79. The molecule has 2 aromatic heterocycles. The van der Waals surface area contributed by atoms with Crippen LogP contribution in [0.5, 0.6) is 0 Å². The first-order valence-corrected chi connectivity index (χ1v) is 6.84. The van der Waals surface area contributed by atoms with Crippen LogP contribution >= 0.6 is 0 Å². The van der Waals surface area contributed by atoms with Crippen molar-refractivity contribution in [1.29, 1.82) is 0 Å². The second-order valence-corrected chi connectivity index (χ2v) is 4.81. The number of carbonyl (C=O) groups excluding carboxylic acids is 1. The highest BCUT2D eigenvalue weighted by Gasteiger charge is 2.11. The van der Waals surface area contributed by atoms with E-state index in [4.69, 9.17) is 4.52 Å². The molecule has 0 aliphatic heterocycles. The number of rotatable bonds is 4. The van der Waals surface area contributed by atoms with Crippen LogP contribution in [0, 0.1) is 12.7 Å². The molecule has 116 valence electrons. The molecule has 0 fully saturated rings. The molecule has 0 saturated carbocycles. The molecule has 0 saturated heterocycles. The van der Waals surface area contributed by atoms with Crippen molar-refractivity contribution in [2.45, 2.75) is 6.92 Å². The van der Waals surface area contributed by atoms with Gasteiger partial charge in [-0.1, -0.05) is 17.3 Å². The van der Waals surface area contributed by atoms with Crippen molar-refractivity contribution in [3.63, 3.8) is 0 Å². The summed E-state index contributed by atoms with van der Waals surface area (Å²) in [4.78, 5) is 16.1. The Morgan fingerprint density at radius 2 is 2.00 bits per heavy atom. The Bertz CT molecular complexity index is 830. The van der Waals surface area contributed by atoms with Crippen molar-refractivity contribution in [2.75, 3.05) is 10.6 Å². The van der Waals surface area contributed by atoms with Gasteiger partial charge in [-0.2, -0.15) is 0 Å². The number of hydrogen-bond acceptors (Lipinski definition) is 5. The largest absolute Gasteiger partial charge is 0.360 e. The van der Waals surface area contributed by atoms with Crippen LogP contribution in [0.3, 0.4) is 0 Å². The van der Waals surface area contributed by atoms with E-state index >= 15 is 0 Å². The fourth-order valence-corrected chi connectivity index (χ4v) is 1.94. The third-order valence-electron chi connectivity index (χ3n) is 3.02. The minimum atomic E-state index is -0.579. The normalized spacial score (nSPS) is 10.3. The number of pyridine rings is 1. The molecule has 3 aromatic rings. The van der Waals surface area contributed by atoms with Gasteiger partial charge in [-0.3, -0.25) is 4.79 Å². The summed E-state index contributed by atoms with van der Waals surface area (Å²) in [5.41, 5.74) is 0.650. The molecule has 0 spiro atoms. The maximum Gasteiger partial charge on any atom is 0.259 e. The first-order valence-electron chi connectivity index (χ1n) is 6.84. The van der Waals surface area contributed by atoms with Crippen LogP contribution < -0.4 is 10.6 Å². The fourth-order valence-electron chi connectivity index (χ4n) is 1.94. The molecule has 0 atom stereocenters. The first-order chi connectivity index (χ1) is 11.1. The quantitative estimate of drug-likeness (QED) is 0.770. The van der Waals surface area contributed by atoms with E-state index in [2.05, 4.69) is 20.8 Å². The summed E-state index contributed by atoms with van der Waals surface area (Å²) < 4.78 is 18.5. The molecule has 2 heterocycles. The molecule has 0 aliphatic carbocycles. The summed E-state index contributed by atoms with van der Waals surface area (Å²) in [5, 5.41) is 9.35. The third-order valence-corrected chi connectivity index (χ3v) is 3.02. The number of amides is 1. The zero-order chi connectivity index (χ0) is 16.2. The second kappa shape index (κ2) is 6.27. The van der Waals surface area contributed by atoms with Crippen LogP contribution in [0.25, 0.3) is 0 Å². The van der Waals surface area contributed by atoms with Gasteiger partial charge in [0.05, 0.1) is 17.4 Å².